The fourth-order valence-corrected chi connectivity index (χ4v) is 1.40. The summed E-state index contributed by atoms with van der Waals surface area (Å²) < 4.78 is 4.74. The molecule has 3 heteroatoms. The molecule has 1 aromatic rings. The number of hydrogen-bond donors (Lipinski definition) is 1. The fourth-order valence-electron chi connectivity index (χ4n) is 1.40. The second kappa shape index (κ2) is 5.02. The van der Waals surface area contributed by atoms with Gasteiger partial charge in [0.2, 0.25) is 0 Å². The van der Waals surface area contributed by atoms with Gasteiger partial charge in [-0.2, -0.15) is 0 Å². The average molecular weight is 182 g/mol. The number of aromatic nitrogens is 1. The standard InChI is InChI=1S/C10H18N2O/c1-8(2)4-9(3)11-5-10-6-12-13-7-10/h6-9,11H,4-5H2,1-3H3. The van der Waals surface area contributed by atoms with Crippen molar-refractivity contribution in [2.24, 2.45) is 5.92 Å². The van der Waals surface area contributed by atoms with Crippen molar-refractivity contribution in [2.45, 2.75) is 39.8 Å². The first-order chi connectivity index (χ1) is 6.18. The van der Waals surface area contributed by atoms with E-state index in [4.69, 9.17) is 4.52 Å². The molecule has 0 aliphatic rings. The van der Waals surface area contributed by atoms with E-state index in [0.717, 1.165) is 18.0 Å². The summed E-state index contributed by atoms with van der Waals surface area (Å²) in [7, 11) is 0. The molecular formula is C10H18N2O. The van der Waals surface area contributed by atoms with Crippen LogP contribution in [0.15, 0.2) is 17.0 Å². The summed E-state index contributed by atoms with van der Waals surface area (Å²) in [5.41, 5.74) is 1.11. The van der Waals surface area contributed by atoms with Crippen LogP contribution in [0.25, 0.3) is 0 Å². The summed E-state index contributed by atoms with van der Waals surface area (Å²) in [6, 6.07) is 0.551. The lowest BCUT2D eigenvalue weighted by atomic mass is 10.1. The molecule has 1 N–H and O–H groups in total. The second-order valence-electron chi connectivity index (χ2n) is 3.94. The van der Waals surface area contributed by atoms with Crippen LogP contribution in [0.5, 0.6) is 0 Å². The van der Waals surface area contributed by atoms with Crippen LogP contribution in [-0.4, -0.2) is 11.2 Å². The zero-order valence-corrected chi connectivity index (χ0v) is 8.58. The normalized spacial score (nSPS) is 13.5. The van der Waals surface area contributed by atoms with Gasteiger partial charge >= 0.3 is 0 Å². The van der Waals surface area contributed by atoms with Crippen LogP contribution in [0.1, 0.15) is 32.8 Å². The summed E-state index contributed by atoms with van der Waals surface area (Å²) >= 11 is 0. The van der Waals surface area contributed by atoms with Crippen molar-refractivity contribution in [3.05, 3.63) is 18.0 Å². The number of nitrogens with one attached hydrogen (secondary N) is 1. The maximum Gasteiger partial charge on any atom is 0.128 e. The molecule has 0 aliphatic heterocycles. The van der Waals surface area contributed by atoms with Gasteiger partial charge in [-0.05, 0) is 19.3 Å². The minimum absolute atomic E-state index is 0.551. The Labute approximate surface area is 79.5 Å². The van der Waals surface area contributed by atoms with E-state index < -0.39 is 0 Å². The molecular weight excluding hydrogens is 164 g/mol. The summed E-state index contributed by atoms with van der Waals surface area (Å²) in [5, 5.41) is 7.06. The Bertz CT molecular complexity index is 219. The van der Waals surface area contributed by atoms with Crippen molar-refractivity contribution in [3.8, 4) is 0 Å². The van der Waals surface area contributed by atoms with E-state index in [-0.39, 0.29) is 0 Å². The van der Waals surface area contributed by atoms with Gasteiger partial charge in [-0.15, -0.1) is 0 Å². The molecule has 1 heterocycles. The molecule has 0 radical (unpaired) electrons. The molecule has 0 aromatic carbocycles. The summed E-state index contributed by atoms with van der Waals surface area (Å²) in [6.45, 7) is 7.51. The Hall–Kier alpha value is -0.830. The molecule has 0 saturated heterocycles. The van der Waals surface area contributed by atoms with Crippen LogP contribution < -0.4 is 5.32 Å². The number of rotatable bonds is 5. The Balaban J connectivity index is 2.19. The largest absolute Gasteiger partial charge is 0.364 e. The minimum atomic E-state index is 0.551. The third kappa shape index (κ3) is 4.08. The summed E-state index contributed by atoms with van der Waals surface area (Å²) in [6.07, 6.45) is 4.62. The van der Waals surface area contributed by atoms with Gasteiger partial charge in [-0.1, -0.05) is 19.0 Å². The topological polar surface area (TPSA) is 38.1 Å². The molecule has 0 amide bonds. The SMILES string of the molecule is CC(C)CC(C)NCc1cnoc1. The van der Waals surface area contributed by atoms with Gasteiger partial charge in [0.1, 0.15) is 6.26 Å². The Morgan fingerprint density at radius 1 is 1.46 bits per heavy atom. The van der Waals surface area contributed by atoms with Crippen LogP contribution in [-0.2, 0) is 6.54 Å². The molecule has 1 unspecified atom stereocenters. The highest BCUT2D eigenvalue weighted by Gasteiger charge is 2.04. The predicted molar refractivity (Wildman–Crippen MR) is 52.3 cm³/mol. The van der Waals surface area contributed by atoms with E-state index in [1.807, 2.05) is 0 Å². The number of nitrogens with zero attached hydrogens (tertiary/aromatic N) is 1. The summed E-state index contributed by atoms with van der Waals surface area (Å²) in [5.74, 6) is 0.741. The molecule has 74 valence electrons. The fraction of sp³-hybridized carbons (Fsp3) is 0.700. The third-order valence-corrected chi connectivity index (χ3v) is 1.96. The zero-order valence-electron chi connectivity index (χ0n) is 8.58. The highest BCUT2D eigenvalue weighted by atomic mass is 16.5. The quantitative estimate of drug-likeness (QED) is 0.758. The van der Waals surface area contributed by atoms with E-state index in [2.05, 4.69) is 31.2 Å². The molecule has 0 aliphatic carbocycles. The van der Waals surface area contributed by atoms with Crippen LogP contribution in [0.3, 0.4) is 0 Å². The predicted octanol–water partition coefficient (Wildman–Crippen LogP) is 2.20. The summed E-state index contributed by atoms with van der Waals surface area (Å²) in [4.78, 5) is 0. The van der Waals surface area contributed by atoms with Gasteiger partial charge in [0.25, 0.3) is 0 Å². The van der Waals surface area contributed by atoms with Crippen molar-refractivity contribution in [1.29, 1.82) is 0 Å². The number of hydrogen-bond acceptors (Lipinski definition) is 3. The van der Waals surface area contributed by atoms with Gasteiger partial charge in [0.05, 0.1) is 6.20 Å². The molecule has 13 heavy (non-hydrogen) atoms. The van der Waals surface area contributed by atoms with Gasteiger partial charge in [-0.25, -0.2) is 0 Å². The van der Waals surface area contributed by atoms with Crippen LogP contribution >= 0.6 is 0 Å². The van der Waals surface area contributed by atoms with E-state index >= 15 is 0 Å². The zero-order chi connectivity index (χ0) is 9.68. The van der Waals surface area contributed by atoms with E-state index in [1.54, 1.807) is 12.5 Å². The Morgan fingerprint density at radius 2 is 2.23 bits per heavy atom. The van der Waals surface area contributed by atoms with Gasteiger partial charge in [0.15, 0.2) is 0 Å². The van der Waals surface area contributed by atoms with Crippen LogP contribution in [0.4, 0.5) is 0 Å². The smallest absolute Gasteiger partial charge is 0.128 e. The van der Waals surface area contributed by atoms with E-state index in [0.29, 0.717) is 6.04 Å². The maximum atomic E-state index is 4.74. The highest BCUT2D eigenvalue weighted by Crippen LogP contribution is 2.05. The molecule has 0 spiro atoms. The van der Waals surface area contributed by atoms with Crippen LogP contribution in [0, 0.1) is 5.92 Å². The monoisotopic (exact) mass is 182 g/mol. The molecule has 0 bridgehead atoms. The molecule has 1 atom stereocenters. The van der Waals surface area contributed by atoms with Crippen LogP contribution in [0.2, 0.25) is 0 Å². The highest BCUT2D eigenvalue weighted by molar-refractivity contribution is 4.99. The van der Waals surface area contributed by atoms with E-state index in [1.165, 1.54) is 6.42 Å². The molecule has 0 fully saturated rings. The van der Waals surface area contributed by atoms with Crippen molar-refractivity contribution in [1.82, 2.24) is 10.5 Å². The average Bonchev–Trinajstić information content (AvgIpc) is 2.51. The molecule has 0 saturated carbocycles. The van der Waals surface area contributed by atoms with Crippen molar-refractivity contribution < 1.29 is 4.52 Å². The molecule has 1 aromatic heterocycles. The second-order valence-corrected chi connectivity index (χ2v) is 3.94. The first-order valence-corrected chi connectivity index (χ1v) is 4.80. The molecule has 3 nitrogen and oxygen atoms in total. The van der Waals surface area contributed by atoms with Crippen molar-refractivity contribution >= 4 is 0 Å². The van der Waals surface area contributed by atoms with Crippen molar-refractivity contribution in [2.75, 3.05) is 0 Å². The lowest BCUT2D eigenvalue weighted by molar-refractivity contribution is 0.416. The first kappa shape index (κ1) is 10.3. The third-order valence-electron chi connectivity index (χ3n) is 1.96. The van der Waals surface area contributed by atoms with Gasteiger partial charge in [0, 0.05) is 18.2 Å². The minimum Gasteiger partial charge on any atom is -0.364 e. The van der Waals surface area contributed by atoms with Gasteiger partial charge < -0.3 is 9.84 Å². The molecule has 1 rings (SSSR count). The first-order valence-electron chi connectivity index (χ1n) is 4.80. The lowest BCUT2D eigenvalue weighted by Crippen LogP contribution is -2.26. The Kier molecular flexibility index (Phi) is 3.96. The van der Waals surface area contributed by atoms with Gasteiger partial charge in [-0.3, -0.25) is 0 Å². The van der Waals surface area contributed by atoms with E-state index in [9.17, 15) is 0 Å². The Morgan fingerprint density at radius 3 is 2.77 bits per heavy atom. The maximum absolute atomic E-state index is 4.74. The lowest BCUT2D eigenvalue weighted by Gasteiger charge is -2.14. The van der Waals surface area contributed by atoms with Crippen molar-refractivity contribution in [3.63, 3.8) is 0 Å².